The van der Waals surface area contributed by atoms with Crippen LogP contribution in [0, 0.1) is 0 Å². The molecule has 1 unspecified atom stereocenters. The fourth-order valence-electron chi connectivity index (χ4n) is 3.91. The Morgan fingerprint density at radius 2 is 1.73 bits per heavy atom. The summed E-state index contributed by atoms with van der Waals surface area (Å²) < 4.78 is 5.50. The van der Waals surface area contributed by atoms with Crippen LogP contribution < -0.4 is 10.6 Å². The van der Waals surface area contributed by atoms with Gasteiger partial charge in [0.15, 0.2) is 0 Å². The number of carbonyl (C=O) groups is 3. The summed E-state index contributed by atoms with van der Waals surface area (Å²) >= 11 is 1.01. The summed E-state index contributed by atoms with van der Waals surface area (Å²) in [6.07, 6.45) is 0.736. The quantitative estimate of drug-likeness (QED) is 0.466. The average molecular weight is 466 g/mol. The molecule has 8 nitrogen and oxygen atoms in total. The number of aromatic nitrogens is 1. The first-order valence-corrected chi connectivity index (χ1v) is 11.3. The number of benzene rings is 2. The SMILES string of the molecule is CC(CC(=O)NCc1ncc(C(=O)O)s1)NC(=O)OCC1c2ccccc2-c2ccccc21. The second-order valence-electron chi connectivity index (χ2n) is 7.78. The number of carboxylic acids is 1. The molecule has 1 aromatic heterocycles. The van der Waals surface area contributed by atoms with E-state index >= 15 is 0 Å². The van der Waals surface area contributed by atoms with E-state index < -0.39 is 18.1 Å². The van der Waals surface area contributed by atoms with Crippen LogP contribution in [0.15, 0.2) is 54.7 Å². The van der Waals surface area contributed by atoms with E-state index in [9.17, 15) is 14.4 Å². The zero-order valence-corrected chi connectivity index (χ0v) is 18.7. The number of fused-ring (bicyclic) bond motifs is 3. The van der Waals surface area contributed by atoms with Crippen molar-refractivity contribution in [1.82, 2.24) is 15.6 Å². The Labute approximate surface area is 194 Å². The van der Waals surface area contributed by atoms with Gasteiger partial charge in [-0.25, -0.2) is 14.6 Å². The second-order valence-corrected chi connectivity index (χ2v) is 8.89. The van der Waals surface area contributed by atoms with Gasteiger partial charge in [-0.2, -0.15) is 0 Å². The van der Waals surface area contributed by atoms with E-state index in [4.69, 9.17) is 9.84 Å². The number of carbonyl (C=O) groups excluding carboxylic acids is 2. The third-order valence-corrected chi connectivity index (χ3v) is 6.39. The fourth-order valence-corrected chi connectivity index (χ4v) is 4.60. The van der Waals surface area contributed by atoms with Gasteiger partial charge in [-0.05, 0) is 29.2 Å². The van der Waals surface area contributed by atoms with Crippen LogP contribution in [0.2, 0.25) is 0 Å². The lowest BCUT2D eigenvalue weighted by Gasteiger charge is -2.17. The van der Waals surface area contributed by atoms with Crippen molar-refractivity contribution in [3.8, 4) is 11.1 Å². The van der Waals surface area contributed by atoms with E-state index in [-0.39, 0.29) is 36.3 Å². The first-order chi connectivity index (χ1) is 15.9. The molecule has 1 heterocycles. The molecule has 0 bridgehead atoms. The summed E-state index contributed by atoms with van der Waals surface area (Å²) in [6, 6.07) is 15.8. The Kier molecular flexibility index (Phi) is 6.69. The lowest BCUT2D eigenvalue weighted by atomic mass is 9.98. The molecule has 0 fully saturated rings. The molecule has 0 spiro atoms. The maximum atomic E-state index is 12.3. The molecule has 0 saturated heterocycles. The Balaban J connectivity index is 1.25. The van der Waals surface area contributed by atoms with Crippen molar-refractivity contribution in [3.63, 3.8) is 0 Å². The highest BCUT2D eigenvalue weighted by atomic mass is 32.1. The maximum absolute atomic E-state index is 12.3. The second kappa shape index (κ2) is 9.83. The fraction of sp³-hybridized carbons (Fsp3) is 0.250. The number of thiazole rings is 1. The molecule has 4 rings (SSSR count). The van der Waals surface area contributed by atoms with Gasteiger partial charge in [0.2, 0.25) is 5.91 Å². The number of ether oxygens (including phenoxy) is 1. The lowest BCUT2D eigenvalue weighted by Crippen LogP contribution is -2.37. The predicted octanol–water partition coefficient (Wildman–Crippen LogP) is 3.77. The Morgan fingerprint density at radius 3 is 2.33 bits per heavy atom. The summed E-state index contributed by atoms with van der Waals surface area (Å²) in [7, 11) is 0. The molecule has 1 aliphatic rings. The molecule has 170 valence electrons. The van der Waals surface area contributed by atoms with Gasteiger partial charge in [0.05, 0.1) is 12.7 Å². The van der Waals surface area contributed by atoms with E-state index in [2.05, 4.69) is 39.9 Å². The summed E-state index contributed by atoms with van der Waals surface area (Å²) in [5.74, 6) is -1.37. The maximum Gasteiger partial charge on any atom is 0.407 e. The number of amides is 2. The topological polar surface area (TPSA) is 118 Å². The number of hydrogen-bond donors (Lipinski definition) is 3. The van der Waals surface area contributed by atoms with Crippen molar-refractivity contribution in [2.45, 2.75) is 31.8 Å². The highest BCUT2D eigenvalue weighted by molar-refractivity contribution is 7.13. The first kappa shape index (κ1) is 22.5. The lowest BCUT2D eigenvalue weighted by molar-refractivity contribution is -0.121. The number of carboxylic acid groups (broad SMARTS) is 1. The van der Waals surface area contributed by atoms with Gasteiger partial charge < -0.3 is 20.5 Å². The highest BCUT2D eigenvalue weighted by Gasteiger charge is 2.29. The van der Waals surface area contributed by atoms with Gasteiger partial charge in [-0.1, -0.05) is 48.5 Å². The van der Waals surface area contributed by atoms with Crippen LogP contribution in [0.4, 0.5) is 4.79 Å². The molecule has 3 aromatic rings. The van der Waals surface area contributed by atoms with Crippen LogP contribution >= 0.6 is 11.3 Å². The zero-order chi connectivity index (χ0) is 23.4. The molecule has 1 aliphatic carbocycles. The van der Waals surface area contributed by atoms with Gasteiger partial charge >= 0.3 is 12.1 Å². The number of aromatic carboxylic acids is 1. The molecule has 1 atom stereocenters. The number of nitrogens with zero attached hydrogens (tertiary/aromatic N) is 1. The molecule has 0 aliphatic heterocycles. The summed E-state index contributed by atoms with van der Waals surface area (Å²) in [5, 5.41) is 14.8. The van der Waals surface area contributed by atoms with Gasteiger partial charge in [0, 0.05) is 18.4 Å². The number of rotatable bonds is 8. The Morgan fingerprint density at radius 1 is 1.09 bits per heavy atom. The Bertz CT molecular complexity index is 1150. The number of hydrogen-bond acceptors (Lipinski definition) is 6. The first-order valence-electron chi connectivity index (χ1n) is 10.5. The van der Waals surface area contributed by atoms with E-state index in [1.54, 1.807) is 6.92 Å². The van der Waals surface area contributed by atoms with Crippen molar-refractivity contribution >= 4 is 29.3 Å². The van der Waals surface area contributed by atoms with Crippen LogP contribution in [0.3, 0.4) is 0 Å². The van der Waals surface area contributed by atoms with Crippen LogP contribution in [0.5, 0.6) is 0 Å². The molecule has 3 N–H and O–H groups in total. The molecule has 0 radical (unpaired) electrons. The summed E-state index contributed by atoms with van der Waals surface area (Å²) in [5.41, 5.74) is 4.57. The third-order valence-electron chi connectivity index (χ3n) is 5.40. The standard InChI is InChI=1S/C24H23N3O5S/c1-14(10-21(28)25-12-22-26-11-20(33-22)23(29)30)27-24(31)32-13-19-17-8-4-2-6-15(17)16-7-3-5-9-18(16)19/h2-9,11,14,19H,10,12-13H2,1H3,(H,25,28)(H,27,31)(H,29,30). The third kappa shape index (κ3) is 5.20. The molecular weight excluding hydrogens is 442 g/mol. The summed E-state index contributed by atoms with van der Waals surface area (Å²) in [4.78, 5) is 39.5. The van der Waals surface area contributed by atoms with E-state index in [1.807, 2.05) is 24.3 Å². The van der Waals surface area contributed by atoms with E-state index in [1.165, 1.54) is 6.20 Å². The summed E-state index contributed by atoms with van der Waals surface area (Å²) in [6.45, 7) is 2.05. The van der Waals surface area contributed by atoms with Crippen LogP contribution in [-0.4, -0.2) is 40.7 Å². The number of nitrogens with one attached hydrogen (secondary N) is 2. The molecule has 2 amide bonds. The van der Waals surface area contributed by atoms with E-state index in [0.717, 1.165) is 33.6 Å². The van der Waals surface area contributed by atoms with Gasteiger partial charge in [0.25, 0.3) is 0 Å². The minimum atomic E-state index is -1.05. The number of alkyl carbamates (subject to hydrolysis) is 1. The largest absolute Gasteiger partial charge is 0.477 e. The normalized spacial score (nSPS) is 13.0. The molecule has 0 saturated carbocycles. The predicted molar refractivity (Wildman–Crippen MR) is 123 cm³/mol. The van der Waals surface area contributed by atoms with Crippen molar-refractivity contribution in [2.75, 3.05) is 6.61 Å². The average Bonchev–Trinajstić information content (AvgIpc) is 3.39. The van der Waals surface area contributed by atoms with Crippen LogP contribution in [0.1, 0.15) is 45.1 Å². The highest BCUT2D eigenvalue weighted by Crippen LogP contribution is 2.44. The smallest absolute Gasteiger partial charge is 0.407 e. The molecular formula is C24H23N3O5S. The van der Waals surface area contributed by atoms with Crippen LogP contribution in [-0.2, 0) is 16.1 Å². The minimum Gasteiger partial charge on any atom is -0.477 e. The van der Waals surface area contributed by atoms with Crippen molar-refractivity contribution in [1.29, 1.82) is 0 Å². The van der Waals surface area contributed by atoms with Crippen LogP contribution in [0.25, 0.3) is 11.1 Å². The molecule has 33 heavy (non-hydrogen) atoms. The van der Waals surface area contributed by atoms with Gasteiger partial charge in [-0.15, -0.1) is 11.3 Å². The van der Waals surface area contributed by atoms with E-state index in [0.29, 0.717) is 5.01 Å². The minimum absolute atomic E-state index is 0.0317. The molecule has 9 heteroatoms. The van der Waals surface area contributed by atoms with Crippen molar-refractivity contribution < 1.29 is 24.2 Å². The van der Waals surface area contributed by atoms with Gasteiger partial charge in [0.1, 0.15) is 16.5 Å². The van der Waals surface area contributed by atoms with Crippen molar-refractivity contribution in [3.05, 3.63) is 75.7 Å². The Hall–Kier alpha value is -3.72. The van der Waals surface area contributed by atoms with Crippen molar-refractivity contribution in [2.24, 2.45) is 0 Å². The van der Waals surface area contributed by atoms with Gasteiger partial charge in [-0.3, -0.25) is 4.79 Å². The zero-order valence-electron chi connectivity index (χ0n) is 17.9. The monoisotopic (exact) mass is 465 g/mol. The molecule has 2 aromatic carbocycles.